The van der Waals surface area contributed by atoms with E-state index in [1.807, 2.05) is 55.5 Å². The maximum Gasteiger partial charge on any atom is 0.347 e. The Morgan fingerprint density at radius 1 is 1.00 bits per heavy atom. The summed E-state index contributed by atoms with van der Waals surface area (Å²) in [5.74, 6) is 2.00. The lowest BCUT2D eigenvalue weighted by atomic mass is 9.87. The first-order valence-electron chi connectivity index (χ1n) is 13.1. The quantitative estimate of drug-likeness (QED) is 0.256. The first kappa shape index (κ1) is 25.8. The smallest absolute Gasteiger partial charge is 0.347 e. The molecule has 0 radical (unpaired) electrons. The number of benzene rings is 2. The van der Waals surface area contributed by atoms with E-state index in [0.717, 1.165) is 54.0 Å². The van der Waals surface area contributed by atoms with E-state index in [-0.39, 0.29) is 0 Å². The van der Waals surface area contributed by atoms with Crippen LogP contribution in [0.4, 0.5) is 0 Å². The number of fused-ring (bicyclic) bond motifs is 1. The fraction of sp³-hybridized carbons (Fsp3) is 0.355. The maximum atomic E-state index is 11.7. The molecule has 4 aromatic rings. The number of oxazole rings is 1. The second-order valence-corrected chi connectivity index (χ2v) is 10.4. The highest BCUT2D eigenvalue weighted by Crippen LogP contribution is 2.35. The van der Waals surface area contributed by atoms with Gasteiger partial charge in [-0.1, -0.05) is 24.3 Å². The molecular formula is C31H34N2O5. The predicted molar refractivity (Wildman–Crippen MR) is 144 cm³/mol. The lowest BCUT2D eigenvalue weighted by Gasteiger charge is -2.29. The second-order valence-electron chi connectivity index (χ2n) is 10.4. The molecule has 0 spiro atoms. The van der Waals surface area contributed by atoms with Crippen molar-refractivity contribution in [2.45, 2.75) is 71.7 Å². The topological polar surface area (TPSA) is 88.9 Å². The number of furan rings is 1. The Morgan fingerprint density at radius 2 is 1.76 bits per heavy atom. The van der Waals surface area contributed by atoms with E-state index >= 15 is 0 Å². The van der Waals surface area contributed by atoms with Gasteiger partial charge in [0.15, 0.2) is 5.60 Å². The largest absolute Gasteiger partial charge is 0.478 e. The maximum absolute atomic E-state index is 11.7. The first-order chi connectivity index (χ1) is 18.3. The van der Waals surface area contributed by atoms with Crippen LogP contribution in [-0.2, 0) is 37.3 Å². The molecule has 7 nitrogen and oxygen atoms in total. The Morgan fingerprint density at radius 3 is 2.47 bits per heavy atom. The summed E-state index contributed by atoms with van der Waals surface area (Å²) in [6, 6.07) is 17.8. The van der Waals surface area contributed by atoms with Crippen molar-refractivity contribution in [3.8, 4) is 17.2 Å². The lowest BCUT2D eigenvalue weighted by molar-refractivity contribution is -0.152. The fourth-order valence-electron chi connectivity index (χ4n) is 4.99. The number of aliphatic carboxylic acids is 1. The van der Waals surface area contributed by atoms with Gasteiger partial charge in [0.25, 0.3) is 0 Å². The third kappa shape index (κ3) is 5.68. The van der Waals surface area contributed by atoms with Crippen LogP contribution < -0.4 is 4.74 Å². The summed E-state index contributed by atoms with van der Waals surface area (Å²) in [6.07, 6.45) is 5.70. The van der Waals surface area contributed by atoms with Crippen molar-refractivity contribution in [2.24, 2.45) is 0 Å². The zero-order valence-corrected chi connectivity index (χ0v) is 22.2. The average molecular weight is 515 g/mol. The molecule has 198 valence electrons. The molecule has 0 saturated carbocycles. The molecule has 2 heterocycles. The van der Waals surface area contributed by atoms with Crippen LogP contribution in [0.3, 0.4) is 0 Å². The predicted octanol–water partition coefficient (Wildman–Crippen LogP) is 6.57. The molecule has 0 unspecified atom stereocenters. The van der Waals surface area contributed by atoms with Gasteiger partial charge in [-0.05, 0) is 93.5 Å². The van der Waals surface area contributed by atoms with E-state index in [9.17, 15) is 9.90 Å². The van der Waals surface area contributed by atoms with Gasteiger partial charge in [-0.3, -0.25) is 4.90 Å². The normalized spacial score (nSPS) is 13.5. The number of carbonyl (C=O) groups is 1. The van der Waals surface area contributed by atoms with Crippen molar-refractivity contribution in [2.75, 3.05) is 0 Å². The average Bonchev–Trinajstić information content (AvgIpc) is 3.55. The van der Waals surface area contributed by atoms with Crippen molar-refractivity contribution in [1.82, 2.24) is 9.88 Å². The Balaban J connectivity index is 1.44. The molecule has 38 heavy (non-hydrogen) atoms. The van der Waals surface area contributed by atoms with Crippen LogP contribution in [0, 0.1) is 6.92 Å². The summed E-state index contributed by atoms with van der Waals surface area (Å²) in [4.78, 5) is 18.8. The van der Waals surface area contributed by atoms with Gasteiger partial charge in [0.1, 0.15) is 17.3 Å². The van der Waals surface area contributed by atoms with Crippen LogP contribution in [0.25, 0.3) is 11.5 Å². The Hall–Kier alpha value is -3.84. The Kier molecular flexibility index (Phi) is 7.38. The van der Waals surface area contributed by atoms with Crippen LogP contribution in [0.15, 0.2) is 69.7 Å². The highest BCUT2D eigenvalue weighted by Gasteiger charge is 2.31. The minimum Gasteiger partial charge on any atom is -0.478 e. The third-order valence-electron chi connectivity index (χ3n) is 7.11. The number of ether oxygens (including phenoxy) is 1. The van der Waals surface area contributed by atoms with Crippen molar-refractivity contribution in [1.29, 1.82) is 0 Å². The molecule has 0 aliphatic heterocycles. The van der Waals surface area contributed by atoms with Crippen LogP contribution in [0.5, 0.6) is 5.75 Å². The van der Waals surface area contributed by atoms with Crippen molar-refractivity contribution in [3.63, 3.8) is 0 Å². The van der Waals surface area contributed by atoms with Gasteiger partial charge in [0, 0.05) is 18.7 Å². The summed E-state index contributed by atoms with van der Waals surface area (Å²) in [5, 5.41) is 9.59. The van der Waals surface area contributed by atoms with E-state index in [0.29, 0.717) is 31.3 Å². The number of aryl methyl sites for hydroxylation is 1. The van der Waals surface area contributed by atoms with Crippen LogP contribution in [0.1, 0.15) is 60.6 Å². The van der Waals surface area contributed by atoms with Gasteiger partial charge in [-0.2, -0.15) is 0 Å². The first-order valence-corrected chi connectivity index (χ1v) is 13.1. The van der Waals surface area contributed by atoms with Gasteiger partial charge in [0.2, 0.25) is 5.89 Å². The highest BCUT2D eigenvalue weighted by atomic mass is 16.5. The van der Waals surface area contributed by atoms with E-state index in [1.165, 1.54) is 11.1 Å². The summed E-state index contributed by atoms with van der Waals surface area (Å²) in [7, 11) is 0. The number of carboxylic acid groups (broad SMARTS) is 1. The van der Waals surface area contributed by atoms with Crippen molar-refractivity contribution < 1.29 is 23.5 Å². The molecule has 1 aliphatic carbocycles. The molecule has 1 N–H and O–H groups in total. The van der Waals surface area contributed by atoms with E-state index < -0.39 is 11.6 Å². The van der Waals surface area contributed by atoms with Gasteiger partial charge in [0.05, 0.1) is 18.5 Å². The zero-order valence-electron chi connectivity index (χ0n) is 22.2. The number of nitrogens with zero attached hydrogens (tertiary/aromatic N) is 2. The lowest BCUT2D eigenvalue weighted by Crippen LogP contribution is -2.38. The van der Waals surface area contributed by atoms with Crippen molar-refractivity contribution in [3.05, 3.63) is 94.8 Å². The number of carboxylic acids is 1. The van der Waals surface area contributed by atoms with Crippen LogP contribution in [0.2, 0.25) is 0 Å². The molecule has 0 fully saturated rings. The van der Waals surface area contributed by atoms with E-state index in [1.54, 1.807) is 20.1 Å². The van der Waals surface area contributed by atoms with E-state index in [4.69, 9.17) is 18.6 Å². The second kappa shape index (κ2) is 10.9. The minimum absolute atomic E-state index is 0.599. The number of aromatic nitrogens is 1. The van der Waals surface area contributed by atoms with Gasteiger partial charge in [-0.15, -0.1) is 0 Å². The number of rotatable bonds is 10. The minimum atomic E-state index is -1.29. The zero-order chi connectivity index (χ0) is 26.7. The molecular weight excluding hydrogens is 480 g/mol. The van der Waals surface area contributed by atoms with Crippen LogP contribution >= 0.6 is 0 Å². The van der Waals surface area contributed by atoms with Crippen LogP contribution in [-0.4, -0.2) is 26.6 Å². The standard InChI is InChI=1S/C31H34N2O5/c1-21-27(32-29(37-21)22-10-5-4-6-11-22)20-33(19-24-12-9-17-36-24)18-23-15-16-28(38-31(2,3)30(34)35)26-14-8-7-13-25(23)26/h4-6,9-12,15-17H,7-8,13-14,18-20H2,1-3H3,(H,34,35). The summed E-state index contributed by atoms with van der Waals surface area (Å²) < 4.78 is 17.7. The molecule has 0 saturated heterocycles. The summed E-state index contributed by atoms with van der Waals surface area (Å²) in [6.45, 7) is 7.05. The third-order valence-corrected chi connectivity index (χ3v) is 7.11. The molecule has 1 aliphatic rings. The Labute approximate surface area is 223 Å². The molecule has 5 rings (SSSR count). The highest BCUT2D eigenvalue weighted by molar-refractivity contribution is 5.77. The SMILES string of the molecule is Cc1oc(-c2ccccc2)nc1CN(Cc1ccco1)Cc1ccc(OC(C)(C)C(=O)O)c2c1CCCC2. The van der Waals surface area contributed by atoms with Gasteiger partial charge >= 0.3 is 5.97 Å². The molecule has 2 aromatic heterocycles. The Bertz CT molecular complexity index is 1390. The molecule has 7 heteroatoms. The fourth-order valence-corrected chi connectivity index (χ4v) is 4.99. The molecule has 0 bridgehead atoms. The molecule has 0 amide bonds. The number of hydrogen-bond acceptors (Lipinski definition) is 6. The monoisotopic (exact) mass is 514 g/mol. The summed E-state index contributed by atoms with van der Waals surface area (Å²) in [5.41, 5.74) is 4.17. The van der Waals surface area contributed by atoms with Gasteiger partial charge < -0.3 is 18.7 Å². The molecule has 2 aromatic carbocycles. The summed E-state index contributed by atoms with van der Waals surface area (Å²) >= 11 is 0. The van der Waals surface area contributed by atoms with Crippen molar-refractivity contribution >= 4 is 5.97 Å². The number of hydrogen-bond donors (Lipinski definition) is 1. The van der Waals surface area contributed by atoms with E-state index in [2.05, 4.69) is 11.0 Å². The van der Waals surface area contributed by atoms with Gasteiger partial charge in [-0.25, -0.2) is 9.78 Å². The molecule has 0 atom stereocenters.